The molecule has 46 heavy (non-hydrogen) atoms. The highest BCUT2D eigenvalue weighted by Gasteiger charge is 2.27. The summed E-state index contributed by atoms with van der Waals surface area (Å²) in [5.41, 5.74) is 4.79. The first-order valence-corrected chi connectivity index (χ1v) is 16.5. The molecule has 2 saturated heterocycles. The van der Waals surface area contributed by atoms with Crippen LogP contribution in [0.2, 0.25) is 0 Å². The second kappa shape index (κ2) is 12.6. The van der Waals surface area contributed by atoms with Crippen LogP contribution in [0.5, 0.6) is 0 Å². The molecule has 4 aromatic heterocycles. The van der Waals surface area contributed by atoms with Crippen molar-refractivity contribution in [2.75, 3.05) is 44.7 Å². The van der Waals surface area contributed by atoms with Gasteiger partial charge in [-0.2, -0.15) is 5.26 Å². The van der Waals surface area contributed by atoms with Crippen LogP contribution in [-0.4, -0.2) is 79.8 Å². The summed E-state index contributed by atoms with van der Waals surface area (Å²) in [6.07, 6.45) is 9.53. The van der Waals surface area contributed by atoms with Gasteiger partial charge in [-0.1, -0.05) is 18.3 Å². The van der Waals surface area contributed by atoms with Crippen molar-refractivity contribution in [1.29, 1.82) is 5.26 Å². The zero-order valence-corrected chi connectivity index (χ0v) is 26.7. The lowest BCUT2D eigenvalue weighted by Crippen LogP contribution is -2.48. The Balaban J connectivity index is 1.11. The van der Waals surface area contributed by atoms with Crippen molar-refractivity contribution < 1.29 is 9.18 Å². The number of aromatic nitrogens is 5. The molecule has 0 radical (unpaired) electrons. The molecule has 10 nitrogen and oxygen atoms in total. The van der Waals surface area contributed by atoms with E-state index in [4.69, 9.17) is 19.9 Å². The van der Waals surface area contributed by atoms with Gasteiger partial charge >= 0.3 is 0 Å². The molecule has 2 aliphatic heterocycles. The fraction of sp³-hybridized carbons (Fsp3) is 0.353. The van der Waals surface area contributed by atoms with Gasteiger partial charge in [-0.3, -0.25) is 14.1 Å². The monoisotopic (exact) mass is 635 g/mol. The topological polar surface area (TPSA) is 107 Å². The minimum Gasteiger partial charge on any atom is -0.341 e. The number of halogens is 1. The zero-order chi connectivity index (χ0) is 31.8. The summed E-state index contributed by atoms with van der Waals surface area (Å²) in [6.45, 7) is 6.13. The van der Waals surface area contributed by atoms with Crippen molar-refractivity contribution in [3.63, 3.8) is 0 Å². The minimum atomic E-state index is -0.337. The van der Waals surface area contributed by atoms with E-state index in [-0.39, 0.29) is 17.6 Å². The lowest BCUT2D eigenvalue weighted by atomic mass is 9.95. The van der Waals surface area contributed by atoms with Crippen molar-refractivity contribution in [3.8, 4) is 28.5 Å². The molecular formula is C34H34FN9OS. The number of aryl methyl sites for hydroxylation is 1. The summed E-state index contributed by atoms with van der Waals surface area (Å²) >= 11 is 1.29. The predicted molar refractivity (Wildman–Crippen MR) is 175 cm³/mol. The summed E-state index contributed by atoms with van der Waals surface area (Å²) in [5, 5.41) is 10.5. The first-order chi connectivity index (χ1) is 22.4. The molecule has 2 fully saturated rings. The number of likely N-dealkylation sites (tertiary alicyclic amines) is 2. The first-order valence-electron chi connectivity index (χ1n) is 15.7. The van der Waals surface area contributed by atoms with Gasteiger partial charge < -0.3 is 9.80 Å². The number of amides is 1. The van der Waals surface area contributed by atoms with Crippen molar-refractivity contribution in [2.45, 2.75) is 38.5 Å². The number of anilines is 2. The molecule has 6 heterocycles. The van der Waals surface area contributed by atoms with E-state index in [0.717, 1.165) is 79.6 Å². The Bertz CT molecular complexity index is 1920. The predicted octanol–water partition coefficient (Wildman–Crippen LogP) is 5.67. The number of carbonyl (C=O) groups is 1. The molecule has 7 rings (SSSR count). The van der Waals surface area contributed by atoms with E-state index < -0.39 is 0 Å². The molecule has 0 bridgehead atoms. The Hall–Kier alpha value is -4.73. The van der Waals surface area contributed by atoms with Crippen molar-refractivity contribution in [3.05, 3.63) is 77.2 Å². The van der Waals surface area contributed by atoms with E-state index in [1.165, 1.54) is 23.5 Å². The Morgan fingerprint density at radius 2 is 1.74 bits per heavy atom. The summed E-state index contributed by atoms with van der Waals surface area (Å²) in [6, 6.07) is 12.3. The maximum Gasteiger partial charge on any atom is 0.236 e. The van der Waals surface area contributed by atoms with Crippen LogP contribution in [0.15, 0.2) is 55.0 Å². The van der Waals surface area contributed by atoms with E-state index in [1.807, 2.05) is 52.0 Å². The quantitative estimate of drug-likeness (QED) is 0.215. The van der Waals surface area contributed by atoms with Gasteiger partial charge in [-0.15, -0.1) is 0 Å². The molecule has 2 aliphatic rings. The second-order valence-electron chi connectivity index (χ2n) is 11.8. The van der Waals surface area contributed by atoms with Crippen molar-refractivity contribution in [1.82, 2.24) is 34.1 Å². The lowest BCUT2D eigenvalue weighted by molar-refractivity contribution is -0.136. The number of benzene rings is 1. The summed E-state index contributed by atoms with van der Waals surface area (Å²) in [7, 11) is 1.92. The van der Waals surface area contributed by atoms with E-state index in [2.05, 4.69) is 17.9 Å². The van der Waals surface area contributed by atoms with E-state index >= 15 is 0 Å². The highest BCUT2D eigenvalue weighted by atomic mass is 32.1. The van der Waals surface area contributed by atoms with Crippen LogP contribution >= 0.6 is 11.3 Å². The molecule has 0 N–H and O–H groups in total. The molecule has 0 spiro atoms. The third-order valence-electron chi connectivity index (χ3n) is 8.96. The average molecular weight is 636 g/mol. The number of hydrogen-bond acceptors (Lipinski definition) is 9. The Morgan fingerprint density at radius 3 is 2.39 bits per heavy atom. The number of thiazole rings is 1. The van der Waals surface area contributed by atoms with Gasteiger partial charge in [0.15, 0.2) is 5.13 Å². The summed E-state index contributed by atoms with van der Waals surface area (Å²) in [5.74, 6) is 1.90. The Kier molecular flexibility index (Phi) is 8.19. The van der Waals surface area contributed by atoms with Crippen LogP contribution in [-0.2, 0) is 11.2 Å². The van der Waals surface area contributed by atoms with Gasteiger partial charge in [0.05, 0.1) is 12.2 Å². The number of pyridine rings is 1. The number of fused-ring (bicyclic) bond motifs is 1. The third kappa shape index (κ3) is 5.72. The molecule has 5 aromatic rings. The zero-order valence-electron chi connectivity index (χ0n) is 25.9. The van der Waals surface area contributed by atoms with Crippen molar-refractivity contribution in [2.24, 2.45) is 0 Å². The number of piperidine rings is 1. The Morgan fingerprint density at radius 1 is 1.02 bits per heavy atom. The number of imidazole rings is 1. The molecule has 0 saturated carbocycles. The lowest BCUT2D eigenvalue weighted by Gasteiger charge is -2.35. The van der Waals surface area contributed by atoms with E-state index in [0.29, 0.717) is 34.2 Å². The number of nitrogens with zero attached hydrogens (tertiary/aromatic N) is 9. The molecular weight excluding hydrogens is 602 g/mol. The standard InChI is InChI=1S/C34H34FN9OS/c1-3-27-33(41(2)34-40-31(28(17-36)46-34)22-5-8-26(35)9-6-22)44-20-24(7-10-29(44)39-27)25-18-37-32(38-19-25)23-11-15-42(16-12-23)21-30(45)43-13-4-14-43/h5-10,18-20,23H,3-4,11-16,21H2,1-2H3. The third-order valence-corrected chi connectivity index (χ3v) is 10.00. The fourth-order valence-corrected chi connectivity index (χ4v) is 7.02. The van der Waals surface area contributed by atoms with Gasteiger partial charge in [-0.25, -0.2) is 24.3 Å². The number of carbonyl (C=O) groups excluding carboxylic acids is 1. The molecule has 0 unspecified atom stereocenters. The normalized spacial score (nSPS) is 15.6. The highest BCUT2D eigenvalue weighted by Crippen LogP contribution is 2.37. The molecule has 1 aromatic carbocycles. The molecule has 0 atom stereocenters. The largest absolute Gasteiger partial charge is 0.341 e. The van der Waals surface area contributed by atoms with Crippen molar-refractivity contribution >= 4 is 33.8 Å². The summed E-state index contributed by atoms with van der Waals surface area (Å²) in [4.78, 5) is 38.2. The van der Waals surface area contributed by atoms with Gasteiger partial charge in [-0.05, 0) is 75.2 Å². The molecule has 234 valence electrons. The molecule has 0 aliphatic carbocycles. The smallest absolute Gasteiger partial charge is 0.236 e. The van der Waals surface area contributed by atoms with E-state index in [1.54, 1.807) is 12.1 Å². The highest BCUT2D eigenvalue weighted by molar-refractivity contribution is 7.16. The average Bonchev–Trinajstić information content (AvgIpc) is 3.66. The second-order valence-corrected chi connectivity index (χ2v) is 12.8. The van der Waals surface area contributed by atoms with Crippen LogP contribution in [0.4, 0.5) is 15.3 Å². The fourth-order valence-electron chi connectivity index (χ4n) is 6.17. The summed E-state index contributed by atoms with van der Waals surface area (Å²) < 4.78 is 15.6. The van der Waals surface area contributed by atoms with Gasteiger partial charge in [0, 0.05) is 61.3 Å². The van der Waals surface area contributed by atoms with E-state index in [9.17, 15) is 14.4 Å². The van der Waals surface area contributed by atoms with Crippen LogP contribution in [0.1, 0.15) is 48.5 Å². The minimum absolute atomic E-state index is 0.244. The first kappa shape index (κ1) is 30.0. The number of hydrogen-bond donors (Lipinski definition) is 0. The maximum atomic E-state index is 13.6. The Labute approximate surface area is 270 Å². The SMILES string of the molecule is CCc1nc2ccc(-c3cnc(C4CCN(CC(=O)N5CCC5)CC4)nc3)cn2c1N(C)c1nc(-c2ccc(F)cc2)c(C#N)s1. The van der Waals surface area contributed by atoms with Gasteiger partial charge in [0.2, 0.25) is 5.91 Å². The van der Waals surface area contributed by atoms with Crippen LogP contribution in [0.25, 0.3) is 28.0 Å². The number of nitriles is 1. The van der Waals surface area contributed by atoms with Crippen LogP contribution in [0.3, 0.4) is 0 Å². The molecule has 12 heteroatoms. The van der Waals surface area contributed by atoms with Crippen LogP contribution in [0, 0.1) is 17.1 Å². The van der Waals surface area contributed by atoms with Gasteiger partial charge in [0.25, 0.3) is 0 Å². The van der Waals surface area contributed by atoms with Gasteiger partial charge in [0.1, 0.15) is 39.7 Å². The molecule has 1 amide bonds. The van der Waals surface area contributed by atoms with Crippen LogP contribution < -0.4 is 4.90 Å². The number of rotatable bonds is 8. The maximum absolute atomic E-state index is 13.6.